The monoisotopic (exact) mass is 257 g/mol. The van der Waals surface area contributed by atoms with Crippen molar-refractivity contribution in [3.8, 4) is 0 Å². The van der Waals surface area contributed by atoms with Gasteiger partial charge in [0.1, 0.15) is 0 Å². The fourth-order valence-corrected chi connectivity index (χ4v) is 3.43. The van der Waals surface area contributed by atoms with Gasteiger partial charge in [-0.1, -0.05) is 25.5 Å². The van der Waals surface area contributed by atoms with Gasteiger partial charge in [-0.05, 0) is 42.5 Å². The van der Waals surface area contributed by atoms with Crippen LogP contribution >= 0.6 is 0 Å². The van der Waals surface area contributed by atoms with Crippen molar-refractivity contribution < 1.29 is 9.90 Å². The number of hydrogen-bond acceptors (Lipinski definition) is 2. The first-order valence-electron chi connectivity index (χ1n) is 7.01. The lowest BCUT2D eigenvalue weighted by Gasteiger charge is -2.37. The van der Waals surface area contributed by atoms with Gasteiger partial charge in [0, 0.05) is 17.6 Å². The molecular weight excluding hydrogens is 238 g/mol. The molecule has 0 unspecified atom stereocenters. The summed E-state index contributed by atoms with van der Waals surface area (Å²) in [6, 6.07) is 5.95. The van der Waals surface area contributed by atoms with Gasteiger partial charge in [0.05, 0.1) is 5.56 Å². The van der Waals surface area contributed by atoms with Crippen molar-refractivity contribution in [2.45, 2.75) is 38.1 Å². The molecule has 1 aromatic carbocycles. The van der Waals surface area contributed by atoms with Crippen molar-refractivity contribution in [3.63, 3.8) is 0 Å². The molecule has 2 N–H and O–H groups in total. The molecule has 3 heteroatoms. The van der Waals surface area contributed by atoms with E-state index in [1.807, 2.05) is 12.1 Å². The Morgan fingerprint density at radius 3 is 3.05 bits per heavy atom. The van der Waals surface area contributed by atoms with Gasteiger partial charge in [-0.25, -0.2) is 4.79 Å². The van der Waals surface area contributed by atoms with Crippen molar-refractivity contribution in [2.75, 3.05) is 5.32 Å². The Labute approximate surface area is 113 Å². The maximum absolute atomic E-state index is 11.1. The van der Waals surface area contributed by atoms with Gasteiger partial charge in [-0.3, -0.25) is 0 Å². The molecule has 2 aliphatic rings. The second kappa shape index (κ2) is 4.72. The average Bonchev–Trinajstić information content (AvgIpc) is 2.88. The summed E-state index contributed by atoms with van der Waals surface area (Å²) in [6.45, 7) is 2.21. The van der Waals surface area contributed by atoms with Crippen molar-refractivity contribution >= 4 is 11.7 Å². The molecule has 0 bridgehead atoms. The first-order chi connectivity index (χ1) is 9.20. The Kier molecular flexibility index (Phi) is 3.05. The third kappa shape index (κ3) is 2.03. The van der Waals surface area contributed by atoms with Crippen LogP contribution in [0.15, 0.2) is 30.4 Å². The van der Waals surface area contributed by atoms with Crippen LogP contribution in [0.3, 0.4) is 0 Å². The summed E-state index contributed by atoms with van der Waals surface area (Å²) < 4.78 is 0. The number of benzene rings is 1. The van der Waals surface area contributed by atoms with E-state index in [1.165, 1.54) is 12.8 Å². The highest BCUT2D eigenvalue weighted by Gasteiger charge is 2.36. The zero-order valence-electron chi connectivity index (χ0n) is 11.1. The lowest BCUT2D eigenvalue weighted by Crippen LogP contribution is -2.35. The first kappa shape index (κ1) is 12.3. The number of carboxylic acids is 1. The number of nitrogens with one attached hydrogen (secondary N) is 1. The van der Waals surface area contributed by atoms with E-state index in [1.54, 1.807) is 6.07 Å². The van der Waals surface area contributed by atoms with E-state index >= 15 is 0 Å². The molecule has 3 nitrogen and oxygen atoms in total. The lowest BCUT2D eigenvalue weighted by atomic mass is 9.77. The Morgan fingerprint density at radius 1 is 1.47 bits per heavy atom. The van der Waals surface area contributed by atoms with Gasteiger partial charge in [0.15, 0.2) is 0 Å². The number of fused-ring (bicyclic) bond motifs is 3. The Morgan fingerprint density at radius 2 is 2.32 bits per heavy atom. The number of allylic oxidation sites excluding steroid dienone is 2. The third-order valence-corrected chi connectivity index (χ3v) is 4.33. The van der Waals surface area contributed by atoms with Crippen molar-refractivity contribution in [1.82, 2.24) is 0 Å². The van der Waals surface area contributed by atoms with Gasteiger partial charge in [-0.2, -0.15) is 0 Å². The van der Waals surface area contributed by atoms with Crippen LogP contribution in [0.2, 0.25) is 0 Å². The quantitative estimate of drug-likeness (QED) is 0.813. The van der Waals surface area contributed by atoms with Gasteiger partial charge >= 0.3 is 5.97 Å². The molecule has 0 aromatic heterocycles. The molecule has 0 saturated heterocycles. The standard InChI is InChI=1S/C16H19NO2/c1-2-4-14-12-6-3-5-11(12)13-9-10(16(18)19)7-8-15(13)17-14/h3,5,7-9,11-12,14,17H,2,4,6H2,1H3,(H,18,19)/t11-,12+,14+/m0/s1. The van der Waals surface area contributed by atoms with Crippen LogP contribution in [0.1, 0.15) is 48.0 Å². The highest BCUT2D eigenvalue weighted by atomic mass is 16.4. The molecule has 1 aliphatic heterocycles. The molecule has 3 atom stereocenters. The molecule has 19 heavy (non-hydrogen) atoms. The normalized spacial score (nSPS) is 27.5. The van der Waals surface area contributed by atoms with Crippen LogP contribution in [0, 0.1) is 5.92 Å². The van der Waals surface area contributed by atoms with E-state index in [0.717, 1.165) is 17.7 Å². The Balaban J connectivity index is 2.00. The molecule has 1 aromatic rings. The highest BCUT2D eigenvalue weighted by molar-refractivity contribution is 5.88. The van der Waals surface area contributed by atoms with E-state index in [4.69, 9.17) is 5.11 Å². The Bertz CT molecular complexity index is 536. The van der Waals surface area contributed by atoms with Crippen molar-refractivity contribution in [2.24, 2.45) is 5.92 Å². The van der Waals surface area contributed by atoms with Crippen LogP contribution in [-0.4, -0.2) is 17.1 Å². The fraction of sp³-hybridized carbons (Fsp3) is 0.438. The number of anilines is 1. The molecule has 0 amide bonds. The van der Waals surface area contributed by atoms with Crippen LogP contribution in [0.25, 0.3) is 0 Å². The van der Waals surface area contributed by atoms with Crippen molar-refractivity contribution in [3.05, 3.63) is 41.5 Å². The second-order valence-corrected chi connectivity index (χ2v) is 5.50. The third-order valence-electron chi connectivity index (χ3n) is 4.33. The molecule has 0 fully saturated rings. The van der Waals surface area contributed by atoms with E-state index in [9.17, 15) is 4.79 Å². The average molecular weight is 257 g/mol. The number of carbonyl (C=O) groups is 1. The van der Waals surface area contributed by atoms with Crippen LogP contribution < -0.4 is 5.32 Å². The van der Waals surface area contributed by atoms with Crippen LogP contribution in [-0.2, 0) is 0 Å². The SMILES string of the molecule is CCC[C@H]1Nc2ccc(C(=O)O)cc2[C@H]2C=CC[C@H]21. The molecule has 3 rings (SSSR count). The number of aromatic carboxylic acids is 1. The molecule has 0 saturated carbocycles. The predicted molar refractivity (Wildman–Crippen MR) is 75.7 cm³/mol. The van der Waals surface area contributed by atoms with E-state index in [2.05, 4.69) is 24.4 Å². The highest BCUT2D eigenvalue weighted by Crippen LogP contribution is 2.45. The predicted octanol–water partition coefficient (Wildman–Crippen LogP) is 3.64. The minimum Gasteiger partial charge on any atom is -0.478 e. The largest absolute Gasteiger partial charge is 0.478 e. The summed E-state index contributed by atoms with van der Waals surface area (Å²) in [6.07, 6.45) is 7.92. The maximum atomic E-state index is 11.1. The Hall–Kier alpha value is -1.77. The molecule has 1 heterocycles. The smallest absolute Gasteiger partial charge is 0.335 e. The summed E-state index contributed by atoms with van der Waals surface area (Å²) in [5.74, 6) is 0.112. The maximum Gasteiger partial charge on any atom is 0.335 e. The summed E-state index contributed by atoms with van der Waals surface area (Å²) >= 11 is 0. The van der Waals surface area contributed by atoms with E-state index in [0.29, 0.717) is 23.4 Å². The zero-order chi connectivity index (χ0) is 13.4. The van der Waals surface area contributed by atoms with Gasteiger partial charge in [0.2, 0.25) is 0 Å². The summed E-state index contributed by atoms with van der Waals surface area (Å²) in [5.41, 5.74) is 2.63. The number of hydrogen-bond donors (Lipinski definition) is 2. The van der Waals surface area contributed by atoms with Gasteiger partial charge in [0.25, 0.3) is 0 Å². The van der Waals surface area contributed by atoms with E-state index in [-0.39, 0.29) is 0 Å². The molecule has 1 aliphatic carbocycles. The van der Waals surface area contributed by atoms with Crippen LogP contribution in [0.4, 0.5) is 5.69 Å². The van der Waals surface area contributed by atoms with E-state index < -0.39 is 5.97 Å². The topological polar surface area (TPSA) is 49.3 Å². The summed E-state index contributed by atoms with van der Waals surface area (Å²) in [7, 11) is 0. The number of rotatable bonds is 3. The minimum atomic E-state index is -0.850. The first-order valence-corrected chi connectivity index (χ1v) is 7.01. The summed E-state index contributed by atoms with van der Waals surface area (Å²) in [4.78, 5) is 11.1. The van der Waals surface area contributed by atoms with Gasteiger partial charge in [-0.15, -0.1) is 0 Å². The molecular formula is C16H19NO2. The molecule has 100 valence electrons. The summed E-state index contributed by atoms with van der Waals surface area (Å²) in [5, 5.41) is 12.7. The van der Waals surface area contributed by atoms with Gasteiger partial charge < -0.3 is 10.4 Å². The zero-order valence-corrected chi connectivity index (χ0v) is 11.1. The molecule has 0 spiro atoms. The van der Waals surface area contributed by atoms with Crippen molar-refractivity contribution in [1.29, 1.82) is 0 Å². The minimum absolute atomic E-state index is 0.382. The number of carboxylic acid groups (broad SMARTS) is 1. The van der Waals surface area contributed by atoms with Crippen LogP contribution in [0.5, 0.6) is 0 Å². The fourth-order valence-electron chi connectivity index (χ4n) is 3.43. The second-order valence-electron chi connectivity index (χ2n) is 5.50. The lowest BCUT2D eigenvalue weighted by molar-refractivity contribution is 0.0696. The molecule has 0 radical (unpaired) electrons.